The molecule has 2 aromatic heterocycles. The highest BCUT2D eigenvalue weighted by Crippen LogP contribution is 2.28. The van der Waals surface area contributed by atoms with E-state index in [1.165, 1.54) is 11.6 Å². The zero-order valence-corrected chi connectivity index (χ0v) is 22.5. The van der Waals surface area contributed by atoms with Crippen LogP contribution in [-0.4, -0.2) is 39.9 Å². The van der Waals surface area contributed by atoms with E-state index >= 15 is 0 Å². The maximum absolute atomic E-state index is 13.8. The summed E-state index contributed by atoms with van der Waals surface area (Å²) in [5.41, 5.74) is 3.62. The van der Waals surface area contributed by atoms with Crippen molar-refractivity contribution >= 4 is 30.5 Å². The number of pyridine rings is 2. The summed E-state index contributed by atoms with van der Waals surface area (Å²) in [6.07, 6.45) is 5.86. The minimum absolute atomic E-state index is 0. The lowest BCUT2D eigenvalue weighted by Crippen LogP contribution is -2.33. The summed E-state index contributed by atoms with van der Waals surface area (Å²) in [5.74, 6) is -1.40. The maximum atomic E-state index is 13.8. The van der Waals surface area contributed by atoms with Crippen molar-refractivity contribution in [3.05, 3.63) is 99.2 Å². The number of aromatic nitrogens is 2. The van der Waals surface area contributed by atoms with E-state index in [0.717, 1.165) is 50.2 Å². The van der Waals surface area contributed by atoms with Gasteiger partial charge in [-0.3, -0.25) is 14.7 Å². The fourth-order valence-corrected chi connectivity index (χ4v) is 4.40. The third kappa shape index (κ3) is 7.60. The molecule has 0 amide bonds. The molecular formula is C27H32Cl2F2N4O2. The normalized spacial score (nSPS) is 14.5. The van der Waals surface area contributed by atoms with Gasteiger partial charge >= 0.3 is 0 Å². The Labute approximate surface area is 228 Å². The molecule has 1 aromatic carbocycles. The standard InChI is InChI=1S/C27H30F2N4O2.2ClH/c1-3-33-18-22(7-10-26(33)34)20-11-13-32(14-12-20)17-19-5-9-25(30-16-19)27(31-35-4-2)21-6-8-23(28)24(29)15-21;;/h5-10,15-16,18,20H,3-4,11-14,17H2,1-2H3;2*1H/b31-27+;;. The van der Waals surface area contributed by atoms with E-state index < -0.39 is 11.6 Å². The topological polar surface area (TPSA) is 59.7 Å². The Morgan fingerprint density at radius 3 is 2.43 bits per heavy atom. The van der Waals surface area contributed by atoms with Gasteiger partial charge in [-0.15, -0.1) is 24.8 Å². The smallest absolute Gasteiger partial charge is 0.250 e. The molecule has 0 aliphatic carbocycles. The van der Waals surface area contributed by atoms with Crippen LogP contribution in [0.25, 0.3) is 0 Å². The first-order valence-corrected chi connectivity index (χ1v) is 12.0. The molecule has 3 aromatic rings. The van der Waals surface area contributed by atoms with Gasteiger partial charge in [0, 0.05) is 37.1 Å². The average molecular weight is 553 g/mol. The first kappa shape index (κ1) is 30.4. The van der Waals surface area contributed by atoms with Gasteiger partial charge in [-0.1, -0.05) is 17.3 Å². The molecule has 0 N–H and O–H groups in total. The van der Waals surface area contributed by atoms with Crippen molar-refractivity contribution in [2.75, 3.05) is 19.7 Å². The summed E-state index contributed by atoms with van der Waals surface area (Å²) < 4.78 is 28.9. The van der Waals surface area contributed by atoms with Crippen LogP contribution in [0.2, 0.25) is 0 Å². The van der Waals surface area contributed by atoms with Gasteiger partial charge in [-0.25, -0.2) is 8.78 Å². The fraction of sp³-hybridized carbons (Fsp3) is 0.370. The first-order valence-electron chi connectivity index (χ1n) is 12.0. The number of benzene rings is 1. The van der Waals surface area contributed by atoms with Crippen LogP contribution in [0.3, 0.4) is 0 Å². The van der Waals surface area contributed by atoms with Gasteiger partial charge in [-0.2, -0.15) is 0 Å². The molecule has 0 spiro atoms. The van der Waals surface area contributed by atoms with Crippen LogP contribution in [0.1, 0.15) is 55.0 Å². The summed E-state index contributed by atoms with van der Waals surface area (Å²) in [5, 5.41) is 4.09. The summed E-state index contributed by atoms with van der Waals surface area (Å²) in [6, 6.07) is 11.1. The second-order valence-electron chi connectivity index (χ2n) is 8.68. The first-order chi connectivity index (χ1) is 17.0. The monoisotopic (exact) mass is 552 g/mol. The Hall–Kier alpha value is -2.81. The highest BCUT2D eigenvalue weighted by molar-refractivity contribution is 6.11. The summed E-state index contributed by atoms with van der Waals surface area (Å²) >= 11 is 0. The number of piperidine rings is 1. The van der Waals surface area contributed by atoms with E-state index in [0.29, 0.717) is 36.0 Å². The molecule has 0 saturated carbocycles. The highest BCUT2D eigenvalue weighted by Gasteiger charge is 2.21. The summed E-state index contributed by atoms with van der Waals surface area (Å²) in [7, 11) is 0. The van der Waals surface area contributed by atoms with Crippen molar-refractivity contribution in [3.8, 4) is 0 Å². The number of hydrogen-bond acceptors (Lipinski definition) is 5. The quantitative estimate of drug-likeness (QED) is 0.271. The van der Waals surface area contributed by atoms with Crippen molar-refractivity contribution < 1.29 is 13.6 Å². The van der Waals surface area contributed by atoms with Crippen LogP contribution < -0.4 is 5.56 Å². The third-order valence-electron chi connectivity index (χ3n) is 6.36. The van der Waals surface area contributed by atoms with E-state index in [4.69, 9.17) is 4.84 Å². The molecule has 1 fully saturated rings. The molecule has 1 aliphatic heterocycles. The number of oxime groups is 1. The Balaban J connectivity index is 0.00000241. The maximum Gasteiger partial charge on any atom is 0.250 e. The highest BCUT2D eigenvalue weighted by atomic mass is 35.5. The Morgan fingerprint density at radius 1 is 1.05 bits per heavy atom. The van der Waals surface area contributed by atoms with E-state index in [1.807, 2.05) is 31.3 Å². The molecule has 3 heterocycles. The second-order valence-corrected chi connectivity index (χ2v) is 8.68. The molecular weight excluding hydrogens is 521 g/mol. The molecule has 1 saturated heterocycles. The van der Waals surface area contributed by atoms with E-state index in [2.05, 4.69) is 15.0 Å². The Kier molecular flexibility index (Phi) is 11.7. The molecule has 0 unspecified atom stereocenters. The Morgan fingerprint density at radius 2 is 1.81 bits per heavy atom. The molecule has 0 bridgehead atoms. The van der Waals surface area contributed by atoms with Gasteiger partial charge in [0.15, 0.2) is 11.6 Å². The largest absolute Gasteiger partial charge is 0.396 e. The number of likely N-dealkylation sites (tertiary alicyclic amines) is 1. The minimum atomic E-state index is -0.944. The molecule has 1 aliphatic rings. The fourth-order valence-electron chi connectivity index (χ4n) is 4.40. The average Bonchev–Trinajstić information content (AvgIpc) is 2.88. The zero-order valence-electron chi connectivity index (χ0n) is 20.9. The van der Waals surface area contributed by atoms with Gasteiger partial charge in [0.2, 0.25) is 0 Å². The minimum Gasteiger partial charge on any atom is -0.396 e. The van der Waals surface area contributed by atoms with Crippen LogP contribution in [0, 0.1) is 11.6 Å². The summed E-state index contributed by atoms with van der Waals surface area (Å²) in [6.45, 7) is 7.51. The zero-order chi connectivity index (χ0) is 24.8. The number of aryl methyl sites for hydroxylation is 1. The number of halogens is 4. The Bertz CT molecular complexity index is 1240. The van der Waals surface area contributed by atoms with Gasteiger partial charge < -0.3 is 9.40 Å². The van der Waals surface area contributed by atoms with Crippen LogP contribution >= 0.6 is 24.8 Å². The van der Waals surface area contributed by atoms with Crippen molar-refractivity contribution in [3.63, 3.8) is 0 Å². The van der Waals surface area contributed by atoms with Crippen LogP contribution in [0.4, 0.5) is 8.78 Å². The number of rotatable bonds is 8. The second kappa shape index (κ2) is 14.2. The van der Waals surface area contributed by atoms with Crippen LogP contribution in [0.15, 0.2) is 64.8 Å². The molecule has 4 rings (SSSR count). The predicted molar refractivity (Wildman–Crippen MR) is 146 cm³/mol. The molecule has 0 atom stereocenters. The van der Waals surface area contributed by atoms with Crippen molar-refractivity contribution in [2.45, 2.75) is 45.7 Å². The van der Waals surface area contributed by atoms with Gasteiger partial charge in [0.05, 0.1) is 5.69 Å². The molecule has 6 nitrogen and oxygen atoms in total. The molecule has 10 heteroatoms. The van der Waals surface area contributed by atoms with E-state index in [1.54, 1.807) is 23.8 Å². The van der Waals surface area contributed by atoms with E-state index in [-0.39, 0.29) is 30.4 Å². The molecule has 37 heavy (non-hydrogen) atoms. The summed E-state index contributed by atoms with van der Waals surface area (Å²) in [4.78, 5) is 24.0. The van der Waals surface area contributed by atoms with Crippen LogP contribution in [0.5, 0.6) is 0 Å². The molecule has 0 radical (unpaired) electrons. The molecule has 200 valence electrons. The van der Waals surface area contributed by atoms with Crippen LogP contribution in [-0.2, 0) is 17.9 Å². The number of nitrogens with zero attached hydrogens (tertiary/aromatic N) is 4. The lowest BCUT2D eigenvalue weighted by Gasteiger charge is -2.32. The number of hydrogen-bond donors (Lipinski definition) is 0. The van der Waals surface area contributed by atoms with Crippen molar-refractivity contribution in [1.29, 1.82) is 0 Å². The van der Waals surface area contributed by atoms with Gasteiger partial charge in [-0.05, 0) is 81.1 Å². The van der Waals surface area contributed by atoms with Crippen molar-refractivity contribution in [1.82, 2.24) is 14.5 Å². The lowest BCUT2D eigenvalue weighted by molar-refractivity contribution is 0.159. The van der Waals surface area contributed by atoms with Crippen molar-refractivity contribution in [2.24, 2.45) is 5.16 Å². The SMILES string of the molecule is CCO/N=C(\c1ccc(F)c(F)c1)c1ccc(CN2CCC(c3ccc(=O)n(CC)c3)CC2)cn1.Cl.Cl. The predicted octanol–water partition coefficient (Wildman–Crippen LogP) is 5.55. The van der Waals surface area contributed by atoms with E-state index in [9.17, 15) is 13.6 Å². The third-order valence-corrected chi connectivity index (χ3v) is 6.36. The lowest BCUT2D eigenvalue weighted by atomic mass is 9.90. The van der Waals surface area contributed by atoms with Gasteiger partial charge in [0.1, 0.15) is 12.3 Å². The van der Waals surface area contributed by atoms with Gasteiger partial charge in [0.25, 0.3) is 5.56 Å².